The lowest BCUT2D eigenvalue weighted by molar-refractivity contribution is -0.137. The molecule has 1 heterocycles. The zero-order valence-corrected chi connectivity index (χ0v) is 17.4. The van der Waals surface area contributed by atoms with Gasteiger partial charge in [-0.3, -0.25) is 10.0 Å². The fraction of sp³-hybridized carbons (Fsp3) is 0.350. The van der Waals surface area contributed by atoms with Gasteiger partial charge < -0.3 is 9.84 Å². The molecule has 3 rings (SSSR count). The van der Waals surface area contributed by atoms with E-state index < -0.39 is 39.8 Å². The first-order chi connectivity index (χ1) is 15.0. The van der Waals surface area contributed by atoms with E-state index in [1.165, 1.54) is 41.9 Å². The van der Waals surface area contributed by atoms with Gasteiger partial charge in [0.15, 0.2) is 0 Å². The Labute approximate surface area is 182 Å². The molecule has 12 heteroatoms. The van der Waals surface area contributed by atoms with E-state index in [-0.39, 0.29) is 42.2 Å². The number of aliphatic hydroxyl groups is 1. The fourth-order valence-corrected chi connectivity index (χ4v) is 5.03. The van der Waals surface area contributed by atoms with Crippen LogP contribution in [0.25, 0.3) is 0 Å². The fourth-order valence-electron chi connectivity index (χ4n) is 3.37. The molecule has 1 amide bonds. The number of hydroxylamine groups is 1. The van der Waals surface area contributed by atoms with Crippen LogP contribution in [-0.2, 0) is 27.6 Å². The van der Waals surface area contributed by atoms with Crippen molar-refractivity contribution in [3.8, 4) is 5.75 Å². The molecular weight excluding hydrogens is 453 g/mol. The van der Waals surface area contributed by atoms with Crippen LogP contribution in [0.4, 0.5) is 13.2 Å². The standard InChI is InChI=1S/C20H21F3N2O6S/c21-20(22,23)14-3-1-2-13(10-14)12-31-16-5-7-17(8-6-16)32(29,30)25-11-15(26)4-9-18(25)19(27)24-28/h1-3,5-8,10,15,18,26,28H,4,9,11-12H2,(H,24,27)/t15-,18-/m1/s1. The summed E-state index contributed by atoms with van der Waals surface area (Å²) >= 11 is 0. The zero-order chi connectivity index (χ0) is 23.5. The van der Waals surface area contributed by atoms with Gasteiger partial charge in [-0.1, -0.05) is 12.1 Å². The summed E-state index contributed by atoms with van der Waals surface area (Å²) < 4.78 is 70.7. The average molecular weight is 474 g/mol. The molecule has 0 aliphatic carbocycles. The molecule has 2 aromatic rings. The molecule has 1 saturated heterocycles. The predicted octanol–water partition coefficient (Wildman–Crippen LogP) is 2.30. The van der Waals surface area contributed by atoms with Crippen LogP contribution in [0, 0.1) is 0 Å². The van der Waals surface area contributed by atoms with Crippen molar-refractivity contribution in [2.24, 2.45) is 0 Å². The van der Waals surface area contributed by atoms with E-state index >= 15 is 0 Å². The second kappa shape index (κ2) is 9.45. The monoisotopic (exact) mass is 474 g/mol. The van der Waals surface area contributed by atoms with Gasteiger partial charge in [-0.2, -0.15) is 17.5 Å². The van der Waals surface area contributed by atoms with Crippen LogP contribution >= 0.6 is 0 Å². The normalized spacial score (nSPS) is 20.0. The largest absolute Gasteiger partial charge is 0.489 e. The molecule has 0 aromatic heterocycles. The Balaban J connectivity index is 1.73. The Morgan fingerprint density at radius 2 is 1.84 bits per heavy atom. The second-order valence-electron chi connectivity index (χ2n) is 7.26. The van der Waals surface area contributed by atoms with Crippen LogP contribution < -0.4 is 10.2 Å². The smallest absolute Gasteiger partial charge is 0.416 e. The van der Waals surface area contributed by atoms with E-state index in [0.29, 0.717) is 0 Å². The Morgan fingerprint density at radius 1 is 1.16 bits per heavy atom. The van der Waals surface area contributed by atoms with Crippen LogP contribution in [0.1, 0.15) is 24.0 Å². The third kappa shape index (κ3) is 5.38. The molecular formula is C20H21F3N2O6S. The quantitative estimate of drug-likeness (QED) is 0.437. The minimum absolute atomic E-state index is 0.0327. The van der Waals surface area contributed by atoms with Gasteiger partial charge >= 0.3 is 6.18 Å². The number of nitrogens with one attached hydrogen (secondary N) is 1. The summed E-state index contributed by atoms with van der Waals surface area (Å²) in [5.41, 5.74) is 0.928. The summed E-state index contributed by atoms with van der Waals surface area (Å²) in [5.74, 6) is -0.675. The molecule has 2 aromatic carbocycles. The van der Waals surface area contributed by atoms with Gasteiger partial charge in [0.25, 0.3) is 5.91 Å². The Morgan fingerprint density at radius 3 is 2.47 bits per heavy atom. The van der Waals surface area contributed by atoms with Gasteiger partial charge in [0.05, 0.1) is 16.6 Å². The maximum atomic E-state index is 13.0. The van der Waals surface area contributed by atoms with E-state index in [9.17, 15) is 31.5 Å². The second-order valence-corrected chi connectivity index (χ2v) is 9.15. The number of amides is 1. The number of hydrogen-bond donors (Lipinski definition) is 3. The summed E-state index contributed by atoms with van der Waals surface area (Å²) in [4.78, 5) is 11.7. The molecule has 3 N–H and O–H groups in total. The number of nitrogens with zero attached hydrogens (tertiary/aromatic N) is 1. The number of rotatable bonds is 6. The van der Waals surface area contributed by atoms with Gasteiger partial charge in [0, 0.05) is 6.54 Å². The summed E-state index contributed by atoms with van der Waals surface area (Å²) in [6, 6.07) is 8.61. The Hall–Kier alpha value is -2.67. The summed E-state index contributed by atoms with van der Waals surface area (Å²) in [7, 11) is -4.18. The number of benzene rings is 2. The van der Waals surface area contributed by atoms with Crippen LogP contribution in [0.5, 0.6) is 5.75 Å². The molecule has 1 aliphatic heterocycles. The maximum Gasteiger partial charge on any atom is 0.416 e. The van der Waals surface area contributed by atoms with Gasteiger partial charge in [-0.05, 0) is 54.8 Å². The van der Waals surface area contributed by atoms with Crippen LogP contribution in [0.15, 0.2) is 53.4 Å². The zero-order valence-electron chi connectivity index (χ0n) is 16.6. The number of carbonyl (C=O) groups is 1. The first-order valence-corrected chi connectivity index (χ1v) is 11.0. The Bertz CT molecular complexity index is 1060. The van der Waals surface area contributed by atoms with E-state index in [0.717, 1.165) is 16.4 Å². The van der Waals surface area contributed by atoms with Crippen molar-refractivity contribution in [2.75, 3.05) is 6.54 Å². The summed E-state index contributed by atoms with van der Waals surface area (Å²) in [5, 5.41) is 18.8. The molecule has 0 unspecified atom stereocenters. The number of alkyl halides is 3. The lowest BCUT2D eigenvalue weighted by Gasteiger charge is -2.35. The highest BCUT2D eigenvalue weighted by molar-refractivity contribution is 7.89. The number of hydrogen-bond acceptors (Lipinski definition) is 6. The number of piperidine rings is 1. The minimum atomic E-state index is -4.47. The number of β-amino-alcohol motifs (C(OH)–C–C–N with tert-alkyl or cyclic N) is 1. The first-order valence-electron chi connectivity index (χ1n) is 9.55. The third-order valence-electron chi connectivity index (χ3n) is 5.01. The van der Waals surface area contributed by atoms with Crippen LogP contribution in [-0.4, -0.2) is 47.6 Å². The van der Waals surface area contributed by atoms with Gasteiger partial charge in [-0.25, -0.2) is 13.9 Å². The molecule has 8 nitrogen and oxygen atoms in total. The maximum absolute atomic E-state index is 13.0. The number of aliphatic hydroxyl groups excluding tert-OH is 1. The van der Waals surface area contributed by atoms with E-state index in [1.54, 1.807) is 0 Å². The highest BCUT2D eigenvalue weighted by Gasteiger charge is 2.40. The minimum Gasteiger partial charge on any atom is -0.489 e. The van der Waals surface area contributed by atoms with Crippen LogP contribution in [0.2, 0.25) is 0 Å². The number of carbonyl (C=O) groups excluding carboxylic acids is 1. The first kappa shape index (κ1) is 24.0. The third-order valence-corrected chi connectivity index (χ3v) is 6.90. The molecule has 32 heavy (non-hydrogen) atoms. The van der Waals surface area contributed by atoms with E-state index in [1.807, 2.05) is 0 Å². The van der Waals surface area contributed by atoms with Crippen molar-refractivity contribution >= 4 is 15.9 Å². The predicted molar refractivity (Wildman–Crippen MR) is 105 cm³/mol. The highest BCUT2D eigenvalue weighted by Crippen LogP contribution is 2.30. The van der Waals surface area contributed by atoms with Crippen molar-refractivity contribution in [2.45, 2.75) is 42.7 Å². The molecule has 1 fully saturated rings. The molecule has 174 valence electrons. The molecule has 0 radical (unpaired) electrons. The van der Waals surface area contributed by atoms with Crippen LogP contribution in [0.3, 0.4) is 0 Å². The van der Waals surface area contributed by atoms with Crippen molar-refractivity contribution in [3.05, 3.63) is 59.7 Å². The average Bonchev–Trinajstić information content (AvgIpc) is 2.77. The van der Waals surface area contributed by atoms with Crippen molar-refractivity contribution in [1.29, 1.82) is 0 Å². The topological polar surface area (TPSA) is 116 Å². The van der Waals surface area contributed by atoms with E-state index in [2.05, 4.69) is 0 Å². The van der Waals surface area contributed by atoms with Gasteiger partial charge in [0.2, 0.25) is 10.0 Å². The highest BCUT2D eigenvalue weighted by atomic mass is 32.2. The lowest BCUT2D eigenvalue weighted by Crippen LogP contribution is -2.54. The van der Waals surface area contributed by atoms with Gasteiger partial charge in [-0.15, -0.1) is 0 Å². The molecule has 0 saturated carbocycles. The summed E-state index contributed by atoms with van der Waals surface area (Å²) in [6.07, 6.45) is -5.20. The lowest BCUT2D eigenvalue weighted by atomic mass is 10.0. The van der Waals surface area contributed by atoms with E-state index in [4.69, 9.17) is 9.94 Å². The van der Waals surface area contributed by atoms with Crippen molar-refractivity contribution in [1.82, 2.24) is 9.79 Å². The molecule has 1 aliphatic rings. The van der Waals surface area contributed by atoms with Gasteiger partial charge in [0.1, 0.15) is 18.4 Å². The summed E-state index contributed by atoms with van der Waals surface area (Å²) in [6.45, 7) is -0.471. The number of halogens is 3. The van der Waals surface area contributed by atoms with Crippen molar-refractivity contribution < 1.29 is 41.4 Å². The molecule has 0 spiro atoms. The van der Waals surface area contributed by atoms with Crippen molar-refractivity contribution in [3.63, 3.8) is 0 Å². The number of sulfonamides is 1. The number of ether oxygens (including phenoxy) is 1. The molecule has 2 atom stereocenters. The Kier molecular flexibility index (Phi) is 7.08. The molecule has 0 bridgehead atoms. The SMILES string of the molecule is O=C(NO)[C@H]1CC[C@@H](O)CN1S(=O)(=O)c1ccc(OCc2cccc(C(F)(F)F)c2)cc1.